The van der Waals surface area contributed by atoms with Crippen LogP contribution in [0, 0.1) is 13.8 Å². The molecule has 1 N–H and O–H groups in total. The molecule has 0 saturated heterocycles. The maximum Gasteiger partial charge on any atom is 0.407 e. The Kier molecular flexibility index (Phi) is 5.76. The van der Waals surface area contributed by atoms with Crippen molar-refractivity contribution >= 4 is 12.1 Å². The van der Waals surface area contributed by atoms with Crippen molar-refractivity contribution in [3.8, 4) is 11.1 Å². The quantitative estimate of drug-likeness (QED) is 0.670. The van der Waals surface area contributed by atoms with Crippen LogP contribution in [0.25, 0.3) is 11.1 Å². The molecule has 1 atom stereocenters. The molecule has 5 heteroatoms. The van der Waals surface area contributed by atoms with Crippen LogP contribution in [-0.4, -0.2) is 24.7 Å². The summed E-state index contributed by atoms with van der Waals surface area (Å²) >= 11 is 0. The van der Waals surface area contributed by atoms with Crippen molar-refractivity contribution in [2.75, 3.05) is 6.61 Å². The molecule has 0 fully saturated rings. The molecule has 0 bridgehead atoms. The molecule has 0 unspecified atom stereocenters. The van der Waals surface area contributed by atoms with Gasteiger partial charge in [-0.2, -0.15) is 0 Å². The number of aryl methyl sites for hydroxylation is 2. The molecule has 0 aliphatic heterocycles. The molecular weight excluding hydrogens is 390 g/mol. The minimum Gasteiger partial charge on any atom is -0.548 e. The number of amides is 1. The predicted molar refractivity (Wildman–Crippen MR) is 117 cm³/mol. The fraction of sp³-hybridized carbons (Fsp3) is 0.231. The Bertz CT molecular complexity index is 1090. The van der Waals surface area contributed by atoms with Gasteiger partial charge in [0.1, 0.15) is 6.61 Å². The van der Waals surface area contributed by atoms with E-state index in [1.54, 1.807) is 0 Å². The second-order valence-electron chi connectivity index (χ2n) is 7.98. The molecule has 3 aromatic carbocycles. The first-order valence-corrected chi connectivity index (χ1v) is 10.3. The first-order valence-electron chi connectivity index (χ1n) is 10.3. The third-order valence-corrected chi connectivity index (χ3v) is 5.84. The third kappa shape index (κ3) is 4.31. The number of rotatable bonds is 6. The summed E-state index contributed by atoms with van der Waals surface area (Å²) in [5.74, 6) is -1.42. The highest BCUT2D eigenvalue weighted by Crippen LogP contribution is 2.44. The molecule has 0 radical (unpaired) electrons. The maximum atomic E-state index is 12.4. The molecule has 1 aliphatic rings. The van der Waals surface area contributed by atoms with Crippen LogP contribution in [0.2, 0.25) is 0 Å². The Hall–Kier alpha value is -3.60. The highest BCUT2D eigenvalue weighted by molar-refractivity contribution is 5.80. The van der Waals surface area contributed by atoms with E-state index in [0.29, 0.717) is 0 Å². The Labute approximate surface area is 181 Å². The van der Waals surface area contributed by atoms with Gasteiger partial charge in [-0.3, -0.25) is 0 Å². The summed E-state index contributed by atoms with van der Waals surface area (Å²) in [6, 6.07) is 20.7. The molecule has 31 heavy (non-hydrogen) atoms. The third-order valence-electron chi connectivity index (χ3n) is 5.84. The zero-order valence-corrected chi connectivity index (χ0v) is 17.6. The zero-order chi connectivity index (χ0) is 22.0. The van der Waals surface area contributed by atoms with Crippen LogP contribution in [0.5, 0.6) is 0 Å². The number of nitrogens with one attached hydrogen (secondary N) is 1. The number of carbonyl (C=O) groups excluding carboxylic acids is 2. The summed E-state index contributed by atoms with van der Waals surface area (Å²) in [6.45, 7) is 4.02. The van der Waals surface area contributed by atoms with E-state index in [4.69, 9.17) is 4.74 Å². The number of hydrogen-bond acceptors (Lipinski definition) is 4. The van der Waals surface area contributed by atoms with Gasteiger partial charge in [0, 0.05) is 5.92 Å². The number of ether oxygens (including phenoxy) is 1. The summed E-state index contributed by atoms with van der Waals surface area (Å²) in [6.07, 6.45) is -0.626. The van der Waals surface area contributed by atoms with E-state index < -0.39 is 18.1 Å². The van der Waals surface area contributed by atoms with E-state index >= 15 is 0 Å². The Morgan fingerprint density at radius 3 is 2.16 bits per heavy atom. The van der Waals surface area contributed by atoms with E-state index in [0.717, 1.165) is 38.9 Å². The lowest BCUT2D eigenvalue weighted by Gasteiger charge is -2.21. The van der Waals surface area contributed by atoms with Crippen molar-refractivity contribution < 1.29 is 19.4 Å². The van der Waals surface area contributed by atoms with Crippen LogP contribution in [0.3, 0.4) is 0 Å². The second-order valence-corrected chi connectivity index (χ2v) is 7.98. The van der Waals surface area contributed by atoms with E-state index in [-0.39, 0.29) is 18.9 Å². The molecule has 158 valence electrons. The van der Waals surface area contributed by atoms with Crippen molar-refractivity contribution in [2.24, 2.45) is 0 Å². The SMILES string of the molecule is Cc1ccc(C[C@H](NC(=O)OCC2c3ccccc3-c3ccccc32)C(=O)[O-])c(C)c1. The van der Waals surface area contributed by atoms with Gasteiger partial charge in [0.25, 0.3) is 0 Å². The van der Waals surface area contributed by atoms with E-state index in [1.807, 2.05) is 68.4 Å². The molecule has 0 saturated carbocycles. The molecule has 5 nitrogen and oxygen atoms in total. The van der Waals surface area contributed by atoms with Crippen molar-refractivity contribution in [1.82, 2.24) is 5.32 Å². The summed E-state index contributed by atoms with van der Waals surface area (Å²) in [5, 5.41) is 14.1. The van der Waals surface area contributed by atoms with Gasteiger partial charge in [0.05, 0.1) is 12.0 Å². The van der Waals surface area contributed by atoms with Gasteiger partial charge in [-0.15, -0.1) is 0 Å². The van der Waals surface area contributed by atoms with Gasteiger partial charge in [0.2, 0.25) is 0 Å². The number of alkyl carbamates (subject to hydrolysis) is 1. The number of fused-ring (bicyclic) bond motifs is 3. The first-order chi connectivity index (χ1) is 14.9. The number of hydrogen-bond donors (Lipinski definition) is 1. The summed E-state index contributed by atoms with van der Waals surface area (Å²) in [4.78, 5) is 24.1. The average molecular weight is 414 g/mol. The average Bonchev–Trinajstić information content (AvgIpc) is 3.07. The van der Waals surface area contributed by atoms with Crippen molar-refractivity contribution in [2.45, 2.75) is 32.2 Å². The Balaban J connectivity index is 1.44. The standard InChI is InChI=1S/C26H25NO4/c1-16-11-12-18(17(2)13-16)14-24(25(28)29)27-26(30)31-15-23-21-9-5-3-7-19(21)20-8-4-6-10-22(20)23/h3-13,23-24H,14-15H2,1-2H3,(H,27,30)(H,28,29)/p-1/t24-/m0/s1. The number of carbonyl (C=O) groups is 2. The van der Waals surface area contributed by atoms with Crippen LogP contribution in [-0.2, 0) is 16.0 Å². The number of benzene rings is 3. The molecule has 1 amide bonds. The second kappa shape index (κ2) is 8.64. The van der Waals surface area contributed by atoms with Gasteiger partial charge in [-0.05, 0) is 53.6 Å². The fourth-order valence-corrected chi connectivity index (χ4v) is 4.27. The van der Waals surface area contributed by atoms with Gasteiger partial charge < -0.3 is 20.0 Å². The van der Waals surface area contributed by atoms with Crippen LogP contribution in [0.15, 0.2) is 66.7 Å². The molecule has 0 heterocycles. The van der Waals surface area contributed by atoms with Crippen molar-refractivity contribution in [3.05, 3.63) is 94.5 Å². The lowest BCUT2D eigenvalue weighted by Crippen LogP contribution is -2.49. The van der Waals surface area contributed by atoms with Gasteiger partial charge in [-0.25, -0.2) is 4.79 Å². The van der Waals surface area contributed by atoms with Crippen molar-refractivity contribution in [1.29, 1.82) is 0 Å². The molecule has 1 aliphatic carbocycles. The molecule has 0 spiro atoms. The smallest absolute Gasteiger partial charge is 0.407 e. The number of carboxylic acids is 1. The van der Waals surface area contributed by atoms with Crippen LogP contribution in [0.1, 0.15) is 33.7 Å². The molecule has 4 rings (SSSR count). The zero-order valence-electron chi connectivity index (χ0n) is 17.6. The fourth-order valence-electron chi connectivity index (χ4n) is 4.27. The Morgan fingerprint density at radius 1 is 0.968 bits per heavy atom. The summed E-state index contributed by atoms with van der Waals surface area (Å²) < 4.78 is 5.47. The van der Waals surface area contributed by atoms with Crippen LogP contribution >= 0.6 is 0 Å². The minimum atomic E-state index is -1.34. The number of carboxylic acid groups (broad SMARTS) is 1. The maximum absolute atomic E-state index is 12.4. The van der Waals surface area contributed by atoms with Gasteiger partial charge in [0.15, 0.2) is 0 Å². The van der Waals surface area contributed by atoms with Gasteiger partial charge in [-0.1, -0.05) is 72.3 Å². The lowest BCUT2D eigenvalue weighted by molar-refractivity contribution is -0.308. The molecule has 0 aromatic heterocycles. The summed E-state index contributed by atoms with van der Waals surface area (Å²) in [7, 11) is 0. The van der Waals surface area contributed by atoms with Crippen LogP contribution in [0.4, 0.5) is 4.79 Å². The monoisotopic (exact) mass is 414 g/mol. The minimum absolute atomic E-state index is 0.0844. The first kappa shape index (κ1) is 20.7. The van der Waals surface area contributed by atoms with E-state index in [9.17, 15) is 14.7 Å². The largest absolute Gasteiger partial charge is 0.548 e. The van der Waals surface area contributed by atoms with Crippen molar-refractivity contribution in [3.63, 3.8) is 0 Å². The van der Waals surface area contributed by atoms with Crippen LogP contribution < -0.4 is 10.4 Å². The summed E-state index contributed by atoms with van der Waals surface area (Å²) in [5.41, 5.74) is 7.38. The predicted octanol–water partition coefficient (Wildman–Crippen LogP) is 3.50. The van der Waals surface area contributed by atoms with Gasteiger partial charge >= 0.3 is 6.09 Å². The highest BCUT2D eigenvalue weighted by Gasteiger charge is 2.29. The molecular formula is C26H24NO4-. The lowest BCUT2D eigenvalue weighted by atomic mass is 9.98. The topological polar surface area (TPSA) is 78.5 Å². The Morgan fingerprint density at radius 2 is 1.58 bits per heavy atom. The van der Waals surface area contributed by atoms with E-state index in [1.165, 1.54) is 0 Å². The van der Waals surface area contributed by atoms with E-state index in [2.05, 4.69) is 17.4 Å². The normalized spacial score (nSPS) is 13.2. The highest BCUT2D eigenvalue weighted by atomic mass is 16.5. The molecule has 3 aromatic rings. The number of aliphatic carboxylic acids is 1.